The van der Waals surface area contributed by atoms with Gasteiger partial charge in [0.15, 0.2) is 11.5 Å². The van der Waals surface area contributed by atoms with E-state index in [2.05, 4.69) is 31.3 Å². The Hall–Kier alpha value is -2.87. The lowest BCUT2D eigenvalue weighted by Gasteiger charge is -2.25. The summed E-state index contributed by atoms with van der Waals surface area (Å²) in [5, 5.41) is 6.96. The van der Waals surface area contributed by atoms with Gasteiger partial charge in [0.1, 0.15) is 12.9 Å². The number of nitrogens with zero attached hydrogens (tertiary/aromatic N) is 3. The average Bonchev–Trinajstić information content (AvgIpc) is 3.15. The van der Waals surface area contributed by atoms with E-state index in [4.69, 9.17) is 9.47 Å². The van der Waals surface area contributed by atoms with E-state index >= 15 is 0 Å². The molecule has 0 spiro atoms. The number of carbonyl (C=O) groups is 1. The number of amides is 1. The lowest BCUT2D eigenvalue weighted by Crippen LogP contribution is -2.29. The molecule has 0 bridgehead atoms. The van der Waals surface area contributed by atoms with Gasteiger partial charge >= 0.3 is 0 Å². The molecule has 1 amide bonds. The number of carbonyl (C=O) groups excluding carboxylic acids is 1. The number of benzene rings is 2. The van der Waals surface area contributed by atoms with E-state index in [0.29, 0.717) is 24.1 Å². The molecular formula is C19H17BrN4O3. The van der Waals surface area contributed by atoms with Crippen LogP contribution < -0.4 is 14.8 Å². The van der Waals surface area contributed by atoms with E-state index < -0.39 is 0 Å². The summed E-state index contributed by atoms with van der Waals surface area (Å²) < 4.78 is 14.0. The second-order valence-corrected chi connectivity index (χ2v) is 6.95. The lowest BCUT2D eigenvalue weighted by molar-refractivity contribution is -0.117. The van der Waals surface area contributed by atoms with E-state index in [1.165, 1.54) is 6.33 Å². The Kier molecular flexibility index (Phi) is 4.81. The van der Waals surface area contributed by atoms with Crippen LogP contribution in [0, 0.1) is 0 Å². The normalized spacial score (nSPS) is 15.8. The number of aromatic nitrogens is 3. The van der Waals surface area contributed by atoms with Crippen molar-refractivity contribution < 1.29 is 14.3 Å². The number of nitrogens with one attached hydrogen (secondary N) is 1. The van der Waals surface area contributed by atoms with Crippen molar-refractivity contribution in [1.29, 1.82) is 0 Å². The van der Waals surface area contributed by atoms with Crippen molar-refractivity contribution in [3.05, 3.63) is 64.4 Å². The first-order valence-corrected chi connectivity index (χ1v) is 9.18. The van der Waals surface area contributed by atoms with Gasteiger partial charge in [-0.1, -0.05) is 46.3 Å². The zero-order chi connectivity index (χ0) is 18.8. The highest BCUT2D eigenvalue weighted by molar-refractivity contribution is 9.10. The monoisotopic (exact) mass is 428 g/mol. The molecule has 8 heteroatoms. The maximum absolute atomic E-state index is 12.0. The largest absolute Gasteiger partial charge is 0.493 e. The van der Waals surface area contributed by atoms with Gasteiger partial charge in [0.05, 0.1) is 19.6 Å². The summed E-state index contributed by atoms with van der Waals surface area (Å²) in [6.45, 7) is 0.433. The molecule has 2 aromatic carbocycles. The van der Waals surface area contributed by atoms with Gasteiger partial charge in [-0.2, -0.15) is 10.1 Å². The third-order valence-corrected chi connectivity index (χ3v) is 5.06. The highest BCUT2D eigenvalue weighted by atomic mass is 79.9. The summed E-state index contributed by atoms with van der Waals surface area (Å²) in [6, 6.07) is 13.4. The molecule has 7 nitrogen and oxygen atoms in total. The zero-order valence-electron chi connectivity index (χ0n) is 14.6. The average molecular weight is 429 g/mol. The molecule has 2 heterocycles. The van der Waals surface area contributed by atoms with Gasteiger partial charge in [-0.15, -0.1) is 0 Å². The number of methoxy groups -OCH3 is 1. The fourth-order valence-corrected chi connectivity index (χ4v) is 3.65. The van der Waals surface area contributed by atoms with Crippen molar-refractivity contribution in [1.82, 2.24) is 14.8 Å². The van der Waals surface area contributed by atoms with Crippen molar-refractivity contribution >= 4 is 27.8 Å². The first kappa shape index (κ1) is 17.5. The van der Waals surface area contributed by atoms with E-state index in [1.54, 1.807) is 11.8 Å². The number of hydrogen-bond acceptors (Lipinski definition) is 5. The Labute approximate surface area is 164 Å². The molecule has 1 aliphatic rings. The van der Waals surface area contributed by atoms with Crippen LogP contribution in [0.25, 0.3) is 0 Å². The van der Waals surface area contributed by atoms with Crippen LogP contribution in [0.15, 0.2) is 53.3 Å². The molecule has 1 N–H and O–H groups in total. The van der Waals surface area contributed by atoms with Crippen molar-refractivity contribution in [2.45, 2.75) is 19.1 Å². The Morgan fingerprint density at radius 2 is 2.07 bits per heavy atom. The second kappa shape index (κ2) is 7.40. The molecule has 0 fully saturated rings. The molecule has 1 aromatic heterocycles. The van der Waals surface area contributed by atoms with Crippen molar-refractivity contribution in [2.75, 3.05) is 12.4 Å². The Bertz CT molecular complexity index is 974. The Morgan fingerprint density at radius 1 is 1.26 bits per heavy atom. The summed E-state index contributed by atoms with van der Waals surface area (Å²) in [6.07, 6.45) is 1.69. The lowest BCUT2D eigenvalue weighted by atomic mass is 10.0. The fraction of sp³-hybridized carbons (Fsp3) is 0.211. The molecule has 0 saturated heterocycles. The molecule has 1 atom stereocenters. The van der Waals surface area contributed by atoms with Gasteiger partial charge in [-0.05, 0) is 23.3 Å². The SMILES string of the molecule is COc1cc(C2CC(=O)Nc3ncnn32)c(Br)cc1OCc1ccccc1. The molecule has 0 radical (unpaired) electrons. The molecule has 1 aliphatic heterocycles. The third-order valence-electron chi connectivity index (χ3n) is 4.38. The minimum absolute atomic E-state index is 0.101. The quantitative estimate of drug-likeness (QED) is 0.671. The zero-order valence-corrected chi connectivity index (χ0v) is 16.1. The first-order chi connectivity index (χ1) is 13.2. The molecule has 3 aromatic rings. The highest BCUT2D eigenvalue weighted by Gasteiger charge is 2.30. The molecule has 27 heavy (non-hydrogen) atoms. The van der Waals surface area contributed by atoms with Gasteiger partial charge in [0, 0.05) is 4.47 Å². The van der Waals surface area contributed by atoms with Crippen molar-refractivity contribution in [3.8, 4) is 11.5 Å². The van der Waals surface area contributed by atoms with Crippen LogP contribution in [-0.4, -0.2) is 27.8 Å². The van der Waals surface area contributed by atoms with Gasteiger partial charge in [0.2, 0.25) is 11.9 Å². The summed E-state index contributed by atoms with van der Waals surface area (Å²) >= 11 is 3.60. The van der Waals surface area contributed by atoms with E-state index in [1.807, 2.05) is 42.5 Å². The molecule has 0 aliphatic carbocycles. The molecular weight excluding hydrogens is 412 g/mol. The smallest absolute Gasteiger partial charge is 0.229 e. The maximum Gasteiger partial charge on any atom is 0.229 e. The second-order valence-electron chi connectivity index (χ2n) is 6.10. The van der Waals surface area contributed by atoms with Crippen LogP contribution in [0.2, 0.25) is 0 Å². The Balaban J connectivity index is 1.65. The van der Waals surface area contributed by atoms with Crippen LogP contribution in [0.4, 0.5) is 5.95 Å². The van der Waals surface area contributed by atoms with Crippen LogP contribution in [0.1, 0.15) is 23.6 Å². The van der Waals surface area contributed by atoms with Crippen LogP contribution in [0.5, 0.6) is 11.5 Å². The first-order valence-electron chi connectivity index (χ1n) is 8.39. The minimum atomic E-state index is -0.275. The predicted octanol–water partition coefficient (Wildman–Crippen LogP) is 3.56. The minimum Gasteiger partial charge on any atom is -0.493 e. The molecule has 4 rings (SSSR count). The fourth-order valence-electron chi connectivity index (χ4n) is 3.06. The summed E-state index contributed by atoms with van der Waals surface area (Å²) in [5.74, 6) is 1.55. The number of rotatable bonds is 5. The number of ether oxygens (including phenoxy) is 2. The summed E-state index contributed by atoms with van der Waals surface area (Å²) in [7, 11) is 1.59. The van der Waals surface area contributed by atoms with Crippen molar-refractivity contribution in [3.63, 3.8) is 0 Å². The van der Waals surface area contributed by atoms with Crippen LogP contribution >= 0.6 is 15.9 Å². The number of fused-ring (bicyclic) bond motifs is 1. The predicted molar refractivity (Wildman–Crippen MR) is 103 cm³/mol. The van der Waals surface area contributed by atoms with Gasteiger partial charge in [-0.3, -0.25) is 10.1 Å². The van der Waals surface area contributed by atoms with E-state index in [9.17, 15) is 4.79 Å². The summed E-state index contributed by atoms with van der Waals surface area (Å²) in [4.78, 5) is 16.1. The van der Waals surface area contributed by atoms with Gasteiger partial charge < -0.3 is 9.47 Å². The number of halogens is 1. The van der Waals surface area contributed by atoms with Crippen LogP contribution in [-0.2, 0) is 11.4 Å². The Morgan fingerprint density at radius 3 is 2.85 bits per heavy atom. The molecule has 138 valence electrons. The van der Waals surface area contributed by atoms with Gasteiger partial charge in [-0.25, -0.2) is 4.68 Å². The maximum atomic E-state index is 12.0. The van der Waals surface area contributed by atoms with E-state index in [-0.39, 0.29) is 18.4 Å². The van der Waals surface area contributed by atoms with Crippen molar-refractivity contribution in [2.24, 2.45) is 0 Å². The van der Waals surface area contributed by atoms with Gasteiger partial charge in [0.25, 0.3) is 0 Å². The molecule has 1 unspecified atom stereocenters. The number of hydrogen-bond donors (Lipinski definition) is 1. The molecule has 0 saturated carbocycles. The number of anilines is 1. The third kappa shape index (κ3) is 3.52. The summed E-state index contributed by atoms with van der Waals surface area (Å²) in [5.41, 5.74) is 1.94. The highest BCUT2D eigenvalue weighted by Crippen LogP contribution is 2.40. The topological polar surface area (TPSA) is 78.3 Å². The van der Waals surface area contributed by atoms with E-state index in [0.717, 1.165) is 15.6 Å². The standard InChI is InChI=1S/C19H17BrN4O3/c1-26-16-7-13(15-9-18(25)23-19-21-11-22-24(15)19)14(20)8-17(16)27-10-12-5-3-2-4-6-12/h2-8,11,15H,9-10H2,1H3,(H,21,22,23,25). The van der Waals surface area contributed by atoms with Crippen LogP contribution in [0.3, 0.4) is 0 Å².